The molecule has 0 heterocycles. The van der Waals surface area contributed by atoms with E-state index < -0.39 is 10.0 Å². The van der Waals surface area contributed by atoms with Crippen molar-refractivity contribution in [3.8, 4) is 0 Å². The molecule has 0 bridgehead atoms. The highest BCUT2D eigenvalue weighted by atomic mass is 32.2. The average molecular weight is 438 g/mol. The van der Waals surface area contributed by atoms with Gasteiger partial charge in [-0.3, -0.25) is 9.52 Å². The predicted molar refractivity (Wildman–Crippen MR) is 125 cm³/mol. The van der Waals surface area contributed by atoms with Gasteiger partial charge in [-0.25, -0.2) is 8.42 Å². The summed E-state index contributed by atoms with van der Waals surface area (Å²) in [4.78, 5) is 14.9. The summed E-state index contributed by atoms with van der Waals surface area (Å²) in [5.74, 6) is -0.234. The predicted octanol–water partition coefficient (Wildman–Crippen LogP) is 4.05. The second kappa shape index (κ2) is 10.1. The van der Waals surface area contributed by atoms with Crippen molar-refractivity contribution in [1.29, 1.82) is 0 Å². The monoisotopic (exact) mass is 437 g/mol. The lowest BCUT2D eigenvalue weighted by Gasteiger charge is -2.19. The normalized spacial score (nSPS) is 11.0. The first-order valence-corrected chi connectivity index (χ1v) is 11.6. The lowest BCUT2D eigenvalue weighted by atomic mass is 10.1. The first kappa shape index (κ1) is 22.4. The van der Waals surface area contributed by atoms with Crippen LogP contribution in [0, 0.1) is 6.92 Å². The van der Waals surface area contributed by atoms with Gasteiger partial charge in [0, 0.05) is 31.4 Å². The third-order valence-electron chi connectivity index (χ3n) is 4.95. The number of aryl methyl sites for hydroxylation is 1. The molecule has 0 unspecified atom stereocenters. The number of para-hydroxylation sites is 1. The molecule has 162 valence electrons. The second-order valence-corrected chi connectivity index (χ2v) is 9.00. The van der Waals surface area contributed by atoms with E-state index in [4.69, 9.17) is 0 Å². The summed E-state index contributed by atoms with van der Waals surface area (Å²) < 4.78 is 27.8. The number of anilines is 2. The van der Waals surface area contributed by atoms with E-state index in [-0.39, 0.29) is 10.8 Å². The van der Waals surface area contributed by atoms with Gasteiger partial charge in [0.25, 0.3) is 15.9 Å². The second-order valence-electron chi connectivity index (χ2n) is 7.31. The highest BCUT2D eigenvalue weighted by Gasteiger charge is 2.16. The van der Waals surface area contributed by atoms with Crippen molar-refractivity contribution in [3.63, 3.8) is 0 Å². The number of nitrogens with zero attached hydrogens (tertiary/aromatic N) is 1. The lowest BCUT2D eigenvalue weighted by Crippen LogP contribution is -2.28. The Bertz CT molecular complexity index is 1120. The molecule has 0 atom stereocenters. The van der Waals surface area contributed by atoms with Crippen molar-refractivity contribution in [2.24, 2.45) is 0 Å². The van der Waals surface area contributed by atoms with Crippen LogP contribution in [-0.4, -0.2) is 34.5 Å². The molecule has 0 aliphatic heterocycles. The minimum Gasteiger partial charge on any atom is -0.375 e. The Balaban J connectivity index is 1.58. The SMILES string of the molecule is Cc1ccc(C(=O)NCCCN(C)c2ccccc2)cc1NS(=O)(=O)c1ccccc1. The Hall–Kier alpha value is -3.32. The number of hydrogen-bond acceptors (Lipinski definition) is 4. The quantitative estimate of drug-likeness (QED) is 0.495. The van der Waals surface area contributed by atoms with Crippen molar-refractivity contribution >= 4 is 27.3 Å². The zero-order valence-electron chi connectivity index (χ0n) is 17.7. The molecule has 0 aliphatic rings. The number of rotatable bonds is 9. The van der Waals surface area contributed by atoms with Gasteiger partial charge in [-0.1, -0.05) is 42.5 Å². The standard InChI is InChI=1S/C24H27N3O3S/c1-19-14-15-20(18-23(19)26-31(29,30)22-12-7-4-8-13-22)24(28)25-16-9-17-27(2)21-10-5-3-6-11-21/h3-8,10-15,18,26H,9,16-17H2,1-2H3,(H,25,28). The van der Waals surface area contributed by atoms with E-state index in [1.165, 1.54) is 12.1 Å². The van der Waals surface area contributed by atoms with Crippen LogP contribution in [0.4, 0.5) is 11.4 Å². The Morgan fingerprint density at radius 3 is 2.26 bits per heavy atom. The maximum absolute atomic E-state index is 12.6. The zero-order valence-corrected chi connectivity index (χ0v) is 18.5. The number of sulfonamides is 1. The Labute approximate surface area is 184 Å². The Kier molecular flexibility index (Phi) is 7.31. The molecular weight excluding hydrogens is 410 g/mol. The molecule has 1 amide bonds. The minimum absolute atomic E-state index is 0.173. The summed E-state index contributed by atoms with van der Waals surface area (Å²) >= 11 is 0. The van der Waals surface area contributed by atoms with Gasteiger partial charge in [-0.2, -0.15) is 0 Å². The van der Waals surface area contributed by atoms with Crippen LogP contribution in [-0.2, 0) is 10.0 Å². The fourth-order valence-electron chi connectivity index (χ4n) is 3.11. The topological polar surface area (TPSA) is 78.5 Å². The summed E-state index contributed by atoms with van der Waals surface area (Å²) in [6, 6.07) is 23.2. The highest BCUT2D eigenvalue weighted by Crippen LogP contribution is 2.21. The molecule has 3 aromatic rings. The molecule has 0 aliphatic carbocycles. The van der Waals surface area contributed by atoms with Crippen molar-refractivity contribution in [1.82, 2.24) is 5.32 Å². The van der Waals surface area contributed by atoms with Gasteiger partial charge >= 0.3 is 0 Å². The minimum atomic E-state index is -3.72. The van der Waals surface area contributed by atoms with Gasteiger partial charge in [0.05, 0.1) is 10.6 Å². The van der Waals surface area contributed by atoms with E-state index >= 15 is 0 Å². The van der Waals surface area contributed by atoms with Gasteiger partial charge in [0.2, 0.25) is 0 Å². The van der Waals surface area contributed by atoms with Crippen molar-refractivity contribution in [3.05, 3.63) is 90.0 Å². The Morgan fingerprint density at radius 1 is 0.935 bits per heavy atom. The highest BCUT2D eigenvalue weighted by molar-refractivity contribution is 7.92. The average Bonchev–Trinajstić information content (AvgIpc) is 2.79. The van der Waals surface area contributed by atoms with Crippen LogP contribution >= 0.6 is 0 Å². The smallest absolute Gasteiger partial charge is 0.261 e. The summed E-state index contributed by atoms with van der Waals surface area (Å²) in [6.07, 6.45) is 0.788. The van der Waals surface area contributed by atoms with E-state index in [1.807, 2.05) is 37.4 Å². The molecule has 0 saturated carbocycles. The summed E-state index contributed by atoms with van der Waals surface area (Å²) in [6.45, 7) is 3.12. The molecule has 0 aromatic heterocycles. The van der Waals surface area contributed by atoms with E-state index in [0.29, 0.717) is 17.8 Å². The maximum Gasteiger partial charge on any atom is 0.261 e. The summed E-state index contributed by atoms with van der Waals surface area (Å²) in [5.41, 5.74) is 2.66. The Morgan fingerprint density at radius 2 is 1.58 bits per heavy atom. The van der Waals surface area contributed by atoms with E-state index in [1.54, 1.807) is 43.3 Å². The van der Waals surface area contributed by atoms with Gasteiger partial charge in [0.15, 0.2) is 0 Å². The van der Waals surface area contributed by atoms with Crippen LogP contribution in [0.2, 0.25) is 0 Å². The summed E-state index contributed by atoms with van der Waals surface area (Å²) in [5, 5.41) is 2.90. The number of carbonyl (C=O) groups excluding carboxylic acids is 1. The number of benzene rings is 3. The van der Waals surface area contributed by atoms with Crippen molar-refractivity contribution in [2.45, 2.75) is 18.2 Å². The molecule has 2 N–H and O–H groups in total. The van der Waals surface area contributed by atoms with Gasteiger partial charge in [-0.05, 0) is 55.3 Å². The van der Waals surface area contributed by atoms with Gasteiger partial charge < -0.3 is 10.2 Å². The molecule has 0 fully saturated rings. The molecule has 0 spiro atoms. The van der Waals surface area contributed by atoms with E-state index in [9.17, 15) is 13.2 Å². The van der Waals surface area contributed by atoms with Crippen LogP contribution in [0.3, 0.4) is 0 Å². The first-order valence-electron chi connectivity index (χ1n) is 10.1. The van der Waals surface area contributed by atoms with Crippen LogP contribution in [0.15, 0.2) is 83.8 Å². The molecule has 3 rings (SSSR count). The largest absolute Gasteiger partial charge is 0.375 e. The van der Waals surface area contributed by atoms with Crippen LogP contribution < -0.4 is 14.9 Å². The number of amides is 1. The number of nitrogens with one attached hydrogen (secondary N) is 2. The molecule has 0 saturated heterocycles. The van der Waals surface area contributed by atoms with Crippen LogP contribution in [0.25, 0.3) is 0 Å². The first-order chi connectivity index (χ1) is 14.9. The third kappa shape index (κ3) is 6.08. The molecule has 31 heavy (non-hydrogen) atoms. The molecule has 3 aromatic carbocycles. The van der Waals surface area contributed by atoms with Crippen LogP contribution in [0.1, 0.15) is 22.3 Å². The maximum atomic E-state index is 12.6. The fraction of sp³-hybridized carbons (Fsp3) is 0.208. The lowest BCUT2D eigenvalue weighted by molar-refractivity contribution is 0.0953. The molecule has 0 radical (unpaired) electrons. The molecule has 6 nitrogen and oxygen atoms in total. The van der Waals surface area contributed by atoms with Gasteiger partial charge in [0.1, 0.15) is 0 Å². The van der Waals surface area contributed by atoms with Gasteiger partial charge in [-0.15, -0.1) is 0 Å². The van der Waals surface area contributed by atoms with E-state index in [2.05, 4.69) is 14.9 Å². The number of hydrogen-bond donors (Lipinski definition) is 2. The van der Waals surface area contributed by atoms with Crippen LogP contribution in [0.5, 0.6) is 0 Å². The van der Waals surface area contributed by atoms with Crippen molar-refractivity contribution in [2.75, 3.05) is 29.8 Å². The molecular formula is C24H27N3O3S. The zero-order chi connectivity index (χ0) is 22.3. The molecule has 7 heteroatoms. The fourth-order valence-corrected chi connectivity index (χ4v) is 4.25. The summed E-state index contributed by atoms with van der Waals surface area (Å²) in [7, 11) is -1.71. The van der Waals surface area contributed by atoms with E-state index in [0.717, 1.165) is 24.2 Å². The third-order valence-corrected chi connectivity index (χ3v) is 6.33. The van der Waals surface area contributed by atoms with Crippen molar-refractivity contribution < 1.29 is 13.2 Å². The number of carbonyl (C=O) groups is 1.